The Balaban J connectivity index is 1.32. The van der Waals surface area contributed by atoms with Crippen LogP contribution in [0.3, 0.4) is 0 Å². The minimum absolute atomic E-state index is 0.0953. The number of carbonyl (C=O) groups is 1. The van der Waals surface area contributed by atoms with Gasteiger partial charge in [-0.1, -0.05) is 42.1 Å². The molecule has 0 aliphatic carbocycles. The molecular weight excluding hydrogens is 422 g/mol. The zero-order valence-electron chi connectivity index (χ0n) is 15.5. The van der Waals surface area contributed by atoms with Crippen molar-refractivity contribution in [2.45, 2.75) is 4.34 Å². The van der Waals surface area contributed by atoms with Gasteiger partial charge in [0.25, 0.3) is 0 Å². The van der Waals surface area contributed by atoms with Crippen LogP contribution in [0.1, 0.15) is 0 Å². The maximum atomic E-state index is 12.3. The summed E-state index contributed by atoms with van der Waals surface area (Å²) in [6.07, 6.45) is 0. The number of rotatable bonds is 7. The molecule has 0 aliphatic heterocycles. The van der Waals surface area contributed by atoms with Gasteiger partial charge in [-0.2, -0.15) is 0 Å². The third-order valence-corrected chi connectivity index (χ3v) is 6.79. The summed E-state index contributed by atoms with van der Waals surface area (Å²) in [4.78, 5) is 21.4. The zero-order chi connectivity index (χ0) is 20.1. The van der Waals surface area contributed by atoms with Crippen LogP contribution in [0.2, 0.25) is 0 Å². The normalized spacial score (nSPS) is 10.7. The number of methoxy groups -OCH3 is 1. The van der Waals surface area contributed by atoms with Gasteiger partial charge in [0.15, 0.2) is 9.47 Å². The summed E-state index contributed by atoms with van der Waals surface area (Å²) in [6.45, 7) is 0. The molecule has 0 bridgehead atoms. The quantitative estimate of drug-likeness (QED) is 0.376. The maximum absolute atomic E-state index is 12.3. The SMILES string of the molecule is COc1ccc(-c2csc(NC(=O)CSc3nc(-c4ccccc4)cs3)n2)cc1. The zero-order valence-corrected chi connectivity index (χ0v) is 17.9. The van der Waals surface area contributed by atoms with Crippen LogP contribution in [0.5, 0.6) is 5.75 Å². The van der Waals surface area contributed by atoms with E-state index < -0.39 is 0 Å². The van der Waals surface area contributed by atoms with Gasteiger partial charge in [-0.15, -0.1) is 22.7 Å². The summed E-state index contributed by atoms with van der Waals surface area (Å²) in [5, 5.41) is 7.39. The number of hydrogen-bond donors (Lipinski definition) is 1. The van der Waals surface area contributed by atoms with Gasteiger partial charge in [0, 0.05) is 21.9 Å². The van der Waals surface area contributed by atoms with E-state index in [1.165, 1.54) is 23.1 Å². The molecule has 29 heavy (non-hydrogen) atoms. The van der Waals surface area contributed by atoms with Crippen LogP contribution in [0.15, 0.2) is 69.7 Å². The average molecular weight is 440 g/mol. The molecule has 0 unspecified atom stereocenters. The van der Waals surface area contributed by atoms with E-state index in [4.69, 9.17) is 4.74 Å². The lowest BCUT2D eigenvalue weighted by atomic mass is 10.2. The van der Waals surface area contributed by atoms with Crippen molar-refractivity contribution in [2.24, 2.45) is 0 Å². The molecule has 2 heterocycles. The van der Waals surface area contributed by atoms with Crippen LogP contribution in [0.4, 0.5) is 5.13 Å². The molecule has 146 valence electrons. The number of thiazole rings is 2. The highest BCUT2D eigenvalue weighted by Gasteiger charge is 2.11. The molecule has 4 rings (SSSR count). The number of ether oxygens (including phenoxy) is 1. The molecule has 5 nitrogen and oxygen atoms in total. The molecule has 1 N–H and O–H groups in total. The predicted molar refractivity (Wildman–Crippen MR) is 121 cm³/mol. The first-order valence-corrected chi connectivity index (χ1v) is 11.5. The summed E-state index contributed by atoms with van der Waals surface area (Å²) < 4.78 is 6.04. The molecule has 0 spiro atoms. The molecule has 4 aromatic rings. The number of benzene rings is 2. The lowest BCUT2D eigenvalue weighted by Crippen LogP contribution is -2.13. The molecule has 0 aliphatic rings. The largest absolute Gasteiger partial charge is 0.497 e. The number of carbonyl (C=O) groups excluding carboxylic acids is 1. The molecule has 2 aromatic carbocycles. The standard InChI is InChI=1S/C21H17N3O2S3/c1-26-16-9-7-15(8-10-16)17-11-27-20(22-17)24-19(25)13-29-21-23-18(12-28-21)14-5-3-2-4-6-14/h2-12H,13H2,1H3,(H,22,24,25). The fraction of sp³-hybridized carbons (Fsp3) is 0.0952. The van der Waals surface area contributed by atoms with Gasteiger partial charge in [0.05, 0.1) is 24.3 Å². The Morgan fingerprint density at radius 3 is 2.41 bits per heavy atom. The Labute approximate surface area is 180 Å². The number of nitrogens with one attached hydrogen (secondary N) is 1. The molecule has 0 saturated carbocycles. The summed E-state index contributed by atoms with van der Waals surface area (Å²) in [7, 11) is 1.64. The molecule has 0 fully saturated rings. The van der Waals surface area contributed by atoms with Crippen LogP contribution in [0.25, 0.3) is 22.5 Å². The van der Waals surface area contributed by atoms with Gasteiger partial charge in [0.2, 0.25) is 5.91 Å². The van der Waals surface area contributed by atoms with Crippen LogP contribution in [-0.2, 0) is 4.79 Å². The van der Waals surface area contributed by atoms with Crippen molar-refractivity contribution >= 4 is 45.5 Å². The molecule has 0 atom stereocenters. The fourth-order valence-corrected chi connectivity index (χ4v) is 4.94. The van der Waals surface area contributed by atoms with Crippen LogP contribution < -0.4 is 10.1 Å². The van der Waals surface area contributed by atoms with Crippen LogP contribution in [0, 0.1) is 0 Å². The third-order valence-electron chi connectivity index (χ3n) is 4.02. The van der Waals surface area contributed by atoms with E-state index in [2.05, 4.69) is 15.3 Å². The fourth-order valence-electron chi connectivity index (χ4n) is 2.57. The number of aromatic nitrogens is 2. The molecular formula is C21H17N3O2S3. The summed E-state index contributed by atoms with van der Waals surface area (Å²) in [5.74, 6) is 0.994. The lowest BCUT2D eigenvalue weighted by Gasteiger charge is -2.01. The highest BCUT2D eigenvalue weighted by molar-refractivity contribution is 8.01. The van der Waals surface area contributed by atoms with Crippen LogP contribution in [-0.4, -0.2) is 28.7 Å². The number of anilines is 1. The Hall–Kier alpha value is -2.68. The van der Waals surface area contributed by atoms with E-state index >= 15 is 0 Å². The summed E-state index contributed by atoms with van der Waals surface area (Å²) in [5.41, 5.74) is 3.82. The second-order valence-corrected chi connectivity index (χ2v) is 8.91. The van der Waals surface area contributed by atoms with Gasteiger partial charge in [0.1, 0.15) is 5.75 Å². The Bertz CT molecular complexity index is 1090. The van der Waals surface area contributed by atoms with E-state index in [1.807, 2.05) is 65.4 Å². The Kier molecular flexibility index (Phi) is 6.24. The summed E-state index contributed by atoms with van der Waals surface area (Å²) in [6, 6.07) is 17.7. The van der Waals surface area contributed by atoms with Crippen molar-refractivity contribution in [3.63, 3.8) is 0 Å². The number of thioether (sulfide) groups is 1. The van der Waals surface area contributed by atoms with Gasteiger partial charge in [-0.25, -0.2) is 9.97 Å². The van der Waals surface area contributed by atoms with Crippen molar-refractivity contribution in [3.05, 3.63) is 65.4 Å². The van der Waals surface area contributed by atoms with Crippen molar-refractivity contribution in [1.29, 1.82) is 0 Å². The number of hydrogen-bond acceptors (Lipinski definition) is 7. The topological polar surface area (TPSA) is 64.1 Å². The van der Waals surface area contributed by atoms with E-state index in [-0.39, 0.29) is 5.91 Å². The van der Waals surface area contributed by atoms with E-state index in [0.717, 1.165) is 32.6 Å². The van der Waals surface area contributed by atoms with E-state index in [9.17, 15) is 4.79 Å². The van der Waals surface area contributed by atoms with Crippen molar-refractivity contribution < 1.29 is 9.53 Å². The third kappa shape index (κ3) is 5.03. The van der Waals surface area contributed by atoms with Gasteiger partial charge in [-0.3, -0.25) is 4.79 Å². The molecule has 0 radical (unpaired) electrons. The van der Waals surface area contributed by atoms with E-state index in [0.29, 0.717) is 10.9 Å². The predicted octanol–water partition coefficient (Wildman–Crippen LogP) is 5.67. The monoisotopic (exact) mass is 439 g/mol. The molecule has 0 saturated heterocycles. The first kappa shape index (κ1) is 19.6. The van der Waals surface area contributed by atoms with Crippen molar-refractivity contribution in [2.75, 3.05) is 18.2 Å². The highest BCUT2D eigenvalue weighted by atomic mass is 32.2. The second-order valence-electron chi connectivity index (χ2n) is 5.97. The summed E-state index contributed by atoms with van der Waals surface area (Å²) >= 11 is 4.38. The highest BCUT2D eigenvalue weighted by Crippen LogP contribution is 2.29. The Morgan fingerprint density at radius 2 is 1.66 bits per heavy atom. The van der Waals surface area contributed by atoms with Crippen molar-refractivity contribution in [1.82, 2.24) is 9.97 Å². The number of amides is 1. The maximum Gasteiger partial charge on any atom is 0.236 e. The van der Waals surface area contributed by atoms with Gasteiger partial charge in [-0.05, 0) is 24.3 Å². The molecule has 2 aromatic heterocycles. The minimum atomic E-state index is -0.0953. The molecule has 1 amide bonds. The van der Waals surface area contributed by atoms with Gasteiger partial charge < -0.3 is 10.1 Å². The average Bonchev–Trinajstić information content (AvgIpc) is 3.43. The van der Waals surface area contributed by atoms with E-state index in [1.54, 1.807) is 18.4 Å². The van der Waals surface area contributed by atoms with Gasteiger partial charge >= 0.3 is 0 Å². The Morgan fingerprint density at radius 1 is 0.966 bits per heavy atom. The first-order valence-electron chi connectivity index (χ1n) is 8.75. The smallest absolute Gasteiger partial charge is 0.236 e. The van der Waals surface area contributed by atoms with Crippen molar-refractivity contribution in [3.8, 4) is 28.3 Å². The molecule has 8 heteroatoms. The minimum Gasteiger partial charge on any atom is -0.497 e. The number of nitrogens with zero attached hydrogens (tertiary/aromatic N) is 2. The first-order chi connectivity index (χ1) is 14.2. The van der Waals surface area contributed by atoms with Crippen LogP contribution >= 0.6 is 34.4 Å². The lowest BCUT2D eigenvalue weighted by molar-refractivity contribution is -0.113. The second kappa shape index (κ2) is 9.21.